The number of rotatable bonds is 5. The maximum Gasteiger partial charge on any atom is 0.419 e. The molecule has 4 aliphatic carbocycles. The molecule has 0 aromatic heterocycles. The van der Waals surface area contributed by atoms with Crippen molar-refractivity contribution in [2.75, 3.05) is 39.8 Å². The lowest BCUT2D eigenvalue weighted by atomic mass is 9.43. The van der Waals surface area contributed by atoms with Crippen LogP contribution in [0.3, 0.4) is 0 Å². The van der Waals surface area contributed by atoms with Gasteiger partial charge in [0.05, 0.1) is 18.3 Å². The number of nitrogens with zero attached hydrogens (tertiary/aromatic N) is 2. The smallest absolute Gasteiger partial charge is 0.419 e. The molecule has 5 nitrogen and oxygen atoms in total. The fraction of sp³-hybridized carbons (Fsp3) is 0.771. The summed E-state index contributed by atoms with van der Waals surface area (Å²) >= 11 is 0. The molecule has 1 aromatic rings. The van der Waals surface area contributed by atoms with Crippen LogP contribution < -0.4 is 4.74 Å². The van der Waals surface area contributed by atoms with Crippen molar-refractivity contribution in [1.29, 1.82) is 0 Å². The highest BCUT2D eigenvalue weighted by molar-refractivity contribution is 5.39. The number of β-amino-alcohol motifs (C(OH)–C–C–N with tert-alkyl or cyclic N) is 1. The Bertz CT molecular complexity index is 1240. The number of hydrogen-bond donors (Lipinski definition) is 2. The van der Waals surface area contributed by atoms with Gasteiger partial charge in [-0.25, -0.2) is 0 Å². The lowest BCUT2D eigenvalue weighted by molar-refractivity contribution is -0.166. The van der Waals surface area contributed by atoms with Crippen LogP contribution in [0.15, 0.2) is 18.2 Å². The number of terminal acetylenes is 1. The van der Waals surface area contributed by atoms with Gasteiger partial charge in [0.1, 0.15) is 11.4 Å². The van der Waals surface area contributed by atoms with Gasteiger partial charge in [0.25, 0.3) is 0 Å². The Labute approximate surface area is 255 Å². The Hall–Kier alpha value is -1.79. The molecule has 1 aromatic carbocycles. The van der Waals surface area contributed by atoms with Gasteiger partial charge >= 0.3 is 6.18 Å². The van der Waals surface area contributed by atoms with Gasteiger partial charge in [-0.15, -0.1) is 6.42 Å². The van der Waals surface area contributed by atoms with Crippen LogP contribution in [0.4, 0.5) is 13.2 Å². The number of benzene rings is 1. The molecule has 0 radical (unpaired) electrons. The summed E-state index contributed by atoms with van der Waals surface area (Å²) in [4.78, 5) is 4.65. The van der Waals surface area contributed by atoms with Crippen molar-refractivity contribution in [3.63, 3.8) is 0 Å². The SMILES string of the molecule is C#C[C@]1(O)CC[C@H]2[C@@H]3CC[C@H]4C[C@@](O)(CN5CCN(Cc6ccc(C(F)(F)F)c(OC)c6)CC5)CC[C@]4(C)[C@H]3CC[C@@]21C. The summed E-state index contributed by atoms with van der Waals surface area (Å²) < 4.78 is 44.8. The van der Waals surface area contributed by atoms with Gasteiger partial charge in [-0.2, -0.15) is 13.2 Å². The second kappa shape index (κ2) is 10.9. The number of hydrogen-bond acceptors (Lipinski definition) is 5. The van der Waals surface area contributed by atoms with E-state index in [2.05, 4.69) is 29.6 Å². The van der Waals surface area contributed by atoms with Gasteiger partial charge in [-0.3, -0.25) is 9.80 Å². The van der Waals surface area contributed by atoms with Crippen LogP contribution in [-0.2, 0) is 12.7 Å². The van der Waals surface area contributed by atoms with Crippen molar-refractivity contribution < 1.29 is 28.1 Å². The third-order valence-electron chi connectivity index (χ3n) is 13.2. The minimum Gasteiger partial charge on any atom is -0.496 e. The maximum absolute atomic E-state index is 13.2. The van der Waals surface area contributed by atoms with Crippen molar-refractivity contribution in [2.24, 2.45) is 34.5 Å². The molecule has 1 heterocycles. The molecule has 8 heteroatoms. The number of aliphatic hydroxyl groups is 2. The molecule has 0 bridgehead atoms. The minimum absolute atomic E-state index is 0.135. The van der Waals surface area contributed by atoms with E-state index >= 15 is 0 Å². The predicted octanol–water partition coefficient (Wildman–Crippen LogP) is 5.97. The molecule has 1 aliphatic heterocycles. The quantitative estimate of drug-likeness (QED) is 0.407. The Morgan fingerprint density at radius 1 is 0.953 bits per heavy atom. The van der Waals surface area contributed by atoms with Gasteiger partial charge in [0.2, 0.25) is 0 Å². The molecule has 6 rings (SSSR count). The van der Waals surface area contributed by atoms with E-state index in [1.54, 1.807) is 6.07 Å². The third-order valence-corrected chi connectivity index (χ3v) is 13.2. The molecule has 8 atom stereocenters. The van der Waals surface area contributed by atoms with Crippen molar-refractivity contribution >= 4 is 0 Å². The monoisotopic (exact) mass is 602 g/mol. The van der Waals surface area contributed by atoms with Gasteiger partial charge in [-0.05, 0) is 105 Å². The first kappa shape index (κ1) is 31.2. The molecule has 2 N–H and O–H groups in total. The van der Waals surface area contributed by atoms with Gasteiger partial charge in [-0.1, -0.05) is 25.8 Å². The van der Waals surface area contributed by atoms with Crippen LogP contribution in [0.2, 0.25) is 0 Å². The van der Waals surface area contributed by atoms with E-state index in [1.165, 1.54) is 19.6 Å². The van der Waals surface area contributed by atoms with Crippen molar-refractivity contribution in [1.82, 2.24) is 9.80 Å². The maximum atomic E-state index is 13.2. The fourth-order valence-corrected chi connectivity index (χ4v) is 10.6. The first-order valence-electron chi connectivity index (χ1n) is 16.3. The van der Waals surface area contributed by atoms with Crippen molar-refractivity contribution in [3.8, 4) is 18.1 Å². The molecule has 1 saturated heterocycles. The molecule has 43 heavy (non-hydrogen) atoms. The number of alkyl halides is 3. The normalized spacial score (nSPS) is 42.0. The fourth-order valence-electron chi connectivity index (χ4n) is 10.6. The van der Waals surface area contributed by atoms with E-state index in [9.17, 15) is 23.4 Å². The van der Waals surface area contributed by atoms with Crippen LogP contribution in [0.25, 0.3) is 0 Å². The van der Waals surface area contributed by atoms with E-state index in [0.717, 1.165) is 89.2 Å². The summed E-state index contributed by atoms with van der Waals surface area (Å²) in [6.07, 6.45) is 10.4. The summed E-state index contributed by atoms with van der Waals surface area (Å²) in [5.74, 6) is 4.92. The van der Waals surface area contributed by atoms with Crippen LogP contribution in [0, 0.1) is 46.8 Å². The van der Waals surface area contributed by atoms with Crippen molar-refractivity contribution in [3.05, 3.63) is 29.3 Å². The number of piperazine rings is 1. The van der Waals surface area contributed by atoms with Crippen LogP contribution in [0.5, 0.6) is 5.75 Å². The van der Waals surface area contributed by atoms with Crippen LogP contribution in [0.1, 0.15) is 82.8 Å². The highest BCUT2D eigenvalue weighted by atomic mass is 19.4. The van der Waals surface area contributed by atoms with E-state index in [-0.39, 0.29) is 16.6 Å². The Morgan fingerprint density at radius 2 is 1.65 bits per heavy atom. The molecule has 0 unspecified atom stereocenters. The predicted molar refractivity (Wildman–Crippen MR) is 160 cm³/mol. The summed E-state index contributed by atoms with van der Waals surface area (Å²) in [7, 11) is 1.28. The average Bonchev–Trinajstić information content (AvgIpc) is 3.24. The van der Waals surface area contributed by atoms with Gasteiger partial charge in [0.15, 0.2) is 0 Å². The molecule has 238 valence electrons. The number of halogens is 3. The first-order valence-corrected chi connectivity index (χ1v) is 16.3. The molecule has 0 spiro atoms. The van der Waals surface area contributed by atoms with Gasteiger partial charge < -0.3 is 14.9 Å². The highest BCUT2D eigenvalue weighted by Gasteiger charge is 2.65. The van der Waals surface area contributed by atoms with E-state index in [1.807, 2.05) is 0 Å². The average molecular weight is 603 g/mol. The number of ether oxygens (including phenoxy) is 1. The van der Waals surface area contributed by atoms with E-state index in [0.29, 0.717) is 36.8 Å². The largest absolute Gasteiger partial charge is 0.496 e. The Morgan fingerprint density at radius 3 is 2.33 bits per heavy atom. The topological polar surface area (TPSA) is 56.2 Å². The Kier molecular flexibility index (Phi) is 7.93. The lowest BCUT2D eigenvalue weighted by Crippen LogP contribution is -2.59. The summed E-state index contributed by atoms with van der Waals surface area (Å²) in [5.41, 5.74) is -1.53. The molecule has 5 fully saturated rings. The van der Waals surface area contributed by atoms with Crippen LogP contribution in [-0.4, -0.2) is 71.0 Å². The van der Waals surface area contributed by atoms with Crippen LogP contribution >= 0.6 is 0 Å². The molecular weight excluding hydrogens is 553 g/mol. The molecule has 5 aliphatic rings. The number of fused-ring (bicyclic) bond motifs is 5. The second-order valence-corrected chi connectivity index (χ2v) is 15.2. The standard InChI is InChI=1S/C35H49F3N2O3/c1-5-34(42)13-11-28-26-8-7-25-21-33(41,15-14-31(25,2)27(26)10-12-32(28,34)3)23-40-18-16-39(17-19-40)22-24-6-9-29(35(36,37)38)30(20-24)43-4/h1,6,9,20,25-28,41-42H,7-8,10-19,21-23H2,2-4H3/t25-,26+,27-,28-,31-,32-,33+,34-/m0/s1. The Balaban J connectivity index is 1.04. The summed E-state index contributed by atoms with van der Waals surface area (Å²) in [6.45, 7) is 9.31. The zero-order valence-electron chi connectivity index (χ0n) is 26.1. The third kappa shape index (κ3) is 5.30. The van der Waals surface area contributed by atoms with Gasteiger partial charge in [0, 0.05) is 44.7 Å². The molecule has 4 saturated carbocycles. The van der Waals surface area contributed by atoms with E-state index in [4.69, 9.17) is 11.2 Å². The lowest BCUT2D eigenvalue weighted by Gasteiger charge is -2.62. The van der Waals surface area contributed by atoms with E-state index < -0.39 is 22.9 Å². The summed E-state index contributed by atoms with van der Waals surface area (Å²) in [5, 5.41) is 23.2. The zero-order chi connectivity index (χ0) is 30.8. The highest BCUT2D eigenvalue weighted by Crippen LogP contribution is 2.68. The molecular formula is C35H49F3N2O3. The first-order chi connectivity index (χ1) is 20.2. The second-order valence-electron chi connectivity index (χ2n) is 15.2. The zero-order valence-corrected chi connectivity index (χ0v) is 26.1. The van der Waals surface area contributed by atoms with Crippen molar-refractivity contribution in [2.45, 2.75) is 95.6 Å². The summed E-state index contributed by atoms with van der Waals surface area (Å²) in [6, 6.07) is 4.16. The minimum atomic E-state index is -4.44. The molecule has 0 amide bonds. The number of methoxy groups -OCH3 is 1.